The lowest BCUT2D eigenvalue weighted by Gasteiger charge is -2.11. The highest BCUT2D eigenvalue weighted by Gasteiger charge is 2.09. The molecular formula is C20H23NO5. The fourth-order valence-corrected chi connectivity index (χ4v) is 2.19. The van der Waals surface area contributed by atoms with Crippen molar-refractivity contribution in [2.24, 2.45) is 0 Å². The Hall–Kier alpha value is -3.02. The van der Waals surface area contributed by atoms with Crippen molar-refractivity contribution in [3.8, 4) is 17.2 Å². The van der Waals surface area contributed by atoms with Crippen molar-refractivity contribution >= 4 is 12.2 Å². The van der Waals surface area contributed by atoms with Gasteiger partial charge in [-0.3, -0.25) is 9.59 Å². The van der Waals surface area contributed by atoms with E-state index in [9.17, 15) is 9.59 Å². The van der Waals surface area contributed by atoms with Crippen molar-refractivity contribution in [1.82, 2.24) is 5.32 Å². The van der Waals surface area contributed by atoms with Gasteiger partial charge in [-0.05, 0) is 36.2 Å². The van der Waals surface area contributed by atoms with Gasteiger partial charge >= 0.3 is 0 Å². The smallest absolute Gasteiger partial charge is 0.258 e. The number of carbonyl (C=O) groups is 2. The van der Waals surface area contributed by atoms with Gasteiger partial charge in [0.2, 0.25) is 0 Å². The van der Waals surface area contributed by atoms with Crippen molar-refractivity contribution in [3.63, 3.8) is 0 Å². The second-order valence-corrected chi connectivity index (χ2v) is 5.58. The van der Waals surface area contributed by atoms with Gasteiger partial charge in [-0.15, -0.1) is 0 Å². The van der Waals surface area contributed by atoms with Crippen LogP contribution in [0.4, 0.5) is 0 Å². The summed E-state index contributed by atoms with van der Waals surface area (Å²) >= 11 is 0. The Labute approximate surface area is 153 Å². The zero-order valence-electron chi connectivity index (χ0n) is 15.0. The first-order valence-electron chi connectivity index (χ1n) is 8.40. The quantitative estimate of drug-likeness (QED) is 0.662. The van der Waals surface area contributed by atoms with Crippen LogP contribution in [0, 0.1) is 0 Å². The van der Waals surface area contributed by atoms with Gasteiger partial charge in [0.25, 0.3) is 5.91 Å². The van der Waals surface area contributed by atoms with E-state index >= 15 is 0 Å². The van der Waals surface area contributed by atoms with Crippen LogP contribution in [0.2, 0.25) is 0 Å². The molecule has 0 bridgehead atoms. The van der Waals surface area contributed by atoms with E-state index in [2.05, 4.69) is 5.32 Å². The average Bonchev–Trinajstić information content (AvgIpc) is 2.69. The Balaban J connectivity index is 1.88. The Morgan fingerprint density at radius 3 is 2.46 bits per heavy atom. The maximum absolute atomic E-state index is 12.0. The maximum Gasteiger partial charge on any atom is 0.258 e. The number of rotatable bonds is 10. The largest absolute Gasteiger partial charge is 0.497 e. The number of carbonyl (C=O) groups excluding carboxylic acids is 2. The highest BCUT2D eigenvalue weighted by Crippen LogP contribution is 2.24. The first kappa shape index (κ1) is 19.3. The minimum atomic E-state index is -0.280. The number of methoxy groups -OCH3 is 1. The van der Waals surface area contributed by atoms with Gasteiger partial charge in [0.15, 0.2) is 12.9 Å². The van der Waals surface area contributed by atoms with Crippen LogP contribution in [-0.2, 0) is 11.3 Å². The fourth-order valence-electron chi connectivity index (χ4n) is 2.19. The fraction of sp³-hybridized carbons (Fsp3) is 0.300. The third-order valence-electron chi connectivity index (χ3n) is 3.59. The van der Waals surface area contributed by atoms with Crippen LogP contribution in [0.15, 0.2) is 42.5 Å². The molecule has 0 saturated heterocycles. The molecule has 0 atom stereocenters. The summed E-state index contributed by atoms with van der Waals surface area (Å²) < 4.78 is 16.1. The van der Waals surface area contributed by atoms with E-state index in [1.165, 1.54) is 0 Å². The summed E-state index contributed by atoms with van der Waals surface area (Å²) in [6.07, 6.45) is 1.56. The Morgan fingerprint density at radius 1 is 1.08 bits per heavy atom. The van der Waals surface area contributed by atoms with Gasteiger partial charge in [-0.25, -0.2) is 0 Å². The van der Waals surface area contributed by atoms with E-state index in [1.807, 2.05) is 31.2 Å². The van der Waals surface area contributed by atoms with E-state index in [-0.39, 0.29) is 12.5 Å². The zero-order chi connectivity index (χ0) is 18.8. The lowest BCUT2D eigenvalue weighted by atomic mass is 10.2. The Kier molecular flexibility index (Phi) is 7.49. The summed E-state index contributed by atoms with van der Waals surface area (Å²) in [5.41, 5.74) is 1.32. The first-order chi connectivity index (χ1) is 12.7. The van der Waals surface area contributed by atoms with Crippen LogP contribution in [-0.4, -0.2) is 32.5 Å². The summed E-state index contributed by atoms with van der Waals surface area (Å²) in [5, 5.41) is 2.77. The van der Waals surface area contributed by atoms with Gasteiger partial charge in [0, 0.05) is 12.6 Å². The molecular weight excluding hydrogens is 334 g/mol. The Morgan fingerprint density at radius 2 is 1.81 bits per heavy atom. The molecule has 6 heteroatoms. The number of benzene rings is 2. The van der Waals surface area contributed by atoms with Crippen molar-refractivity contribution < 1.29 is 23.8 Å². The van der Waals surface area contributed by atoms with Crippen LogP contribution >= 0.6 is 0 Å². The van der Waals surface area contributed by atoms with Crippen LogP contribution < -0.4 is 19.5 Å². The summed E-state index contributed by atoms with van der Waals surface area (Å²) in [6, 6.07) is 12.3. The molecule has 1 N–H and O–H groups in total. The normalized spacial score (nSPS) is 10.1. The first-order valence-corrected chi connectivity index (χ1v) is 8.40. The van der Waals surface area contributed by atoms with E-state index in [0.717, 1.165) is 17.7 Å². The van der Waals surface area contributed by atoms with Crippen molar-refractivity contribution in [2.75, 3.05) is 20.3 Å². The lowest BCUT2D eigenvalue weighted by Crippen LogP contribution is -2.28. The standard InChI is InChI=1S/C20H23NO5/c1-3-10-25-18-9-6-16(13-22)19(11-18)26-14-20(23)21-12-15-4-7-17(24-2)8-5-15/h4-9,11,13H,3,10,12,14H2,1-2H3,(H,21,23). The minimum Gasteiger partial charge on any atom is -0.497 e. The molecule has 0 saturated carbocycles. The van der Waals surface area contributed by atoms with Gasteiger partial charge in [-0.1, -0.05) is 19.1 Å². The van der Waals surface area contributed by atoms with Gasteiger partial charge in [-0.2, -0.15) is 0 Å². The van der Waals surface area contributed by atoms with Crippen LogP contribution in [0.3, 0.4) is 0 Å². The molecule has 26 heavy (non-hydrogen) atoms. The average molecular weight is 357 g/mol. The molecule has 0 spiro atoms. The van der Waals surface area contributed by atoms with E-state index in [0.29, 0.717) is 36.5 Å². The molecule has 2 rings (SSSR count). The predicted octanol–water partition coefficient (Wildman–Crippen LogP) is 2.99. The number of nitrogens with one attached hydrogen (secondary N) is 1. The lowest BCUT2D eigenvalue weighted by molar-refractivity contribution is -0.123. The molecule has 6 nitrogen and oxygen atoms in total. The highest BCUT2D eigenvalue weighted by molar-refractivity contribution is 5.81. The van der Waals surface area contributed by atoms with Crippen LogP contribution in [0.5, 0.6) is 17.2 Å². The molecule has 0 heterocycles. The number of hydrogen-bond acceptors (Lipinski definition) is 5. The molecule has 0 aliphatic carbocycles. The van der Waals surface area contributed by atoms with Gasteiger partial charge in [0.1, 0.15) is 17.2 Å². The predicted molar refractivity (Wildman–Crippen MR) is 98.0 cm³/mol. The molecule has 0 aliphatic rings. The SMILES string of the molecule is CCCOc1ccc(C=O)c(OCC(=O)NCc2ccc(OC)cc2)c1. The maximum atomic E-state index is 12.0. The van der Waals surface area contributed by atoms with E-state index in [1.54, 1.807) is 25.3 Å². The second kappa shape index (κ2) is 10.1. The molecule has 0 radical (unpaired) electrons. The van der Waals surface area contributed by atoms with Crippen molar-refractivity contribution in [2.45, 2.75) is 19.9 Å². The van der Waals surface area contributed by atoms with Crippen LogP contribution in [0.1, 0.15) is 29.3 Å². The molecule has 138 valence electrons. The topological polar surface area (TPSA) is 73.9 Å². The zero-order valence-corrected chi connectivity index (χ0v) is 15.0. The molecule has 0 unspecified atom stereocenters. The molecule has 2 aromatic rings. The number of ether oxygens (including phenoxy) is 3. The van der Waals surface area contributed by atoms with Crippen molar-refractivity contribution in [1.29, 1.82) is 0 Å². The highest BCUT2D eigenvalue weighted by atomic mass is 16.5. The molecule has 0 aliphatic heterocycles. The number of amides is 1. The molecule has 0 fully saturated rings. The second-order valence-electron chi connectivity index (χ2n) is 5.58. The summed E-state index contributed by atoms with van der Waals surface area (Å²) in [4.78, 5) is 23.1. The summed E-state index contributed by atoms with van der Waals surface area (Å²) in [7, 11) is 1.60. The van der Waals surface area contributed by atoms with Gasteiger partial charge in [0.05, 0.1) is 19.3 Å². The molecule has 1 amide bonds. The van der Waals surface area contributed by atoms with E-state index < -0.39 is 0 Å². The Bertz CT molecular complexity index is 727. The molecule has 2 aromatic carbocycles. The minimum absolute atomic E-state index is 0.186. The summed E-state index contributed by atoms with van der Waals surface area (Å²) in [5.74, 6) is 1.41. The summed E-state index contributed by atoms with van der Waals surface area (Å²) in [6.45, 7) is 2.77. The number of hydrogen-bond donors (Lipinski definition) is 1. The molecule has 0 aromatic heterocycles. The van der Waals surface area contributed by atoms with Crippen molar-refractivity contribution in [3.05, 3.63) is 53.6 Å². The van der Waals surface area contributed by atoms with Crippen LogP contribution in [0.25, 0.3) is 0 Å². The van der Waals surface area contributed by atoms with E-state index in [4.69, 9.17) is 14.2 Å². The third-order valence-corrected chi connectivity index (χ3v) is 3.59. The monoisotopic (exact) mass is 357 g/mol. The van der Waals surface area contributed by atoms with Gasteiger partial charge < -0.3 is 19.5 Å². The number of aldehydes is 1. The third kappa shape index (κ3) is 5.81.